The lowest BCUT2D eigenvalue weighted by molar-refractivity contribution is -0.149. The smallest absolute Gasteiger partial charge is 0.298 e. The second kappa shape index (κ2) is 13.2. The Balaban J connectivity index is 1.26. The molecule has 3 fully saturated rings. The van der Waals surface area contributed by atoms with Crippen LogP contribution in [0.5, 0.6) is 5.75 Å². The molecule has 1 amide bonds. The molecule has 3 atom stereocenters. The van der Waals surface area contributed by atoms with Gasteiger partial charge in [0.15, 0.2) is 6.04 Å². The molecule has 45 heavy (non-hydrogen) atoms. The molecule has 0 radical (unpaired) electrons. The summed E-state index contributed by atoms with van der Waals surface area (Å²) in [5.74, 6) is -3.79. The molecule has 10 heteroatoms. The fraction of sp³-hybridized carbons (Fsp3) is 0.457. The van der Waals surface area contributed by atoms with Gasteiger partial charge in [0.25, 0.3) is 5.92 Å². The maximum Gasteiger partial charge on any atom is 0.298 e. The predicted octanol–water partition coefficient (Wildman–Crippen LogP) is 6.23. The number of hydrogen-bond donors (Lipinski definition) is 2. The van der Waals surface area contributed by atoms with E-state index in [2.05, 4.69) is 4.72 Å². The molecule has 3 N–H and O–H groups in total. The zero-order chi connectivity index (χ0) is 31.6. The van der Waals surface area contributed by atoms with Gasteiger partial charge in [0.1, 0.15) is 5.75 Å². The number of amides is 1. The van der Waals surface area contributed by atoms with Crippen molar-refractivity contribution in [2.75, 3.05) is 6.61 Å². The highest BCUT2D eigenvalue weighted by molar-refractivity contribution is 7.89. The van der Waals surface area contributed by atoms with Gasteiger partial charge in [-0.25, -0.2) is 8.42 Å². The molecule has 6 rings (SSSR count). The number of piperidine rings is 1. The number of ether oxygens (including phenoxy) is 1. The fourth-order valence-electron chi connectivity index (χ4n) is 7.20. The normalized spacial score (nSPS) is 23.1. The fourth-order valence-corrected chi connectivity index (χ4v) is 8.39. The van der Waals surface area contributed by atoms with Crippen molar-refractivity contribution in [3.8, 4) is 16.9 Å². The molecule has 0 aromatic heterocycles. The van der Waals surface area contributed by atoms with Crippen LogP contribution in [0.1, 0.15) is 63.4 Å². The van der Waals surface area contributed by atoms with Crippen molar-refractivity contribution < 1.29 is 26.7 Å². The molecule has 2 bridgehead atoms. The Hall–Kier alpha value is -3.34. The molecule has 1 saturated carbocycles. The van der Waals surface area contributed by atoms with Gasteiger partial charge in [-0.3, -0.25) is 4.79 Å². The Morgan fingerprint density at radius 2 is 1.47 bits per heavy atom. The van der Waals surface area contributed by atoms with Crippen LogP contribution in [0.25, 0.3) is 11.1 Å². The number of benzene rings is 3. The van der Waals surface area contributed by atoms with Crippen molar-refractivity contribution in [1.29, 1.82) is 0 Å². The lowest BCUT2D eigenvalue weighted by Gasteiger charge is -2.41. The van der Waals surface area contributed by atoms with Gasteiger partial charge in [-0.1, -0.05) is 73.9 Å². The second-order valence-corrected chi connectivity index (χ2v) is 14.5. The largest absolute Gasteiger partial charge is 0.493 e. The molecular weight excluding hydrogens is 596 g/mol. The van der Waals surface area contributed by atoms with Crippen LogP contribution in [-0.4, -0.2) is 50.0 Å². The molecule has 3 aromatic carbocycles. The molecule has 1 aliphatic carbocycles. The van der Waals surface area contributed by atoms with Gasteiger partial charge in [-0.05, 0) is 79.8 Å². The molecule has 2 heterocycles. The second-order valence-electron chi connectivity index (χ2n) is 12.8. The molecule has 3 aromatic rings. The third-order valence-corrected chi connectivity index (χ3v) is 11.1. The maximum absolute atomic E-state index is 16.5. The van der Waals surface area contributed by atoms with Crippen LogP contribution in [0.2, 0.25) is 0 Å². The molecule has 2 saturated heterocycles. The first-order valence-electron chi connectivity index (χ1n) is 16.0. The van der Waals surface area contributed by atoms with Crippen LogP contribution in [0.3, 0.4) is 0 Å². The van der Waals surface area contributed by atoms with Crippen molar-refractivity contribution in [3.63, 3.8) is 0 Å². The summed E-state index contributed by atoms with van der Waals surface area (Å²) >= 11 is 0. The summed E-state index contributed by atoms with van der Waals surface area (Å²) in [6, 6.07) is 17.6. The van der Waals surface area contributed by atoms with Gasteiger partial charge in [-0.2, -0.15) is 13.5 Å². The van der Waals surface area contributed by atoms with Gasteiger partial charge in [0.2, 0.25) is 15.9 Å². The molecular formula is C35H41F2N3O4S. The summed E-state index contributed by atoms with van der Waals surface area (Å²) in [5, 5.41) is 0. The zero-order valence-electron chi connectivity index (χ0n) is 25.3. The number of halogens is 2. The van der Waals surface area contributed by atoms with Crippen molar-refractivity contribution in [2.24, 2.45) is 11.7 Å². The van der Waals surface area contributed by atoms with Crippen LogP contribution in [0, 0.1) is 5.92 Å². The molecule has 2 unspecified atom stereocenters. The monoisotopic (exact) mass is 637 g/mol. The summed E-state index contributed by atoms with van der Waals surface area (Å²) in [5.41, 5.74) is 7.31. The Bertz CT molecular complexity index is 1550. The SMILES string of the molecule is NC1CC2CCC(C1)N2C(=O)[C@@H](NS(=O)(=O)c1ccc(OCC2CCCCC2)cc1)C(F)(F)c1ccc(-c2ccccc2)cc1. The van der Waals surface area contributed by atoms with Gasteiger partial charge in [-0.15, -0.1) is 0 Å². The van der Waals surface area contributed by atoms with E-state index in [9.17, 15) is 13.2 Å². The Labute approximate surface area is 264 Å². The number of carbonyl (C=O) groups is 1. The van der Waals surface area contributed by atoms with Crippen molar-refractivity contribution in [3.05, 3.63) is 84.4 Å². The number of nitrogens with one attached hydrogen (secondary N) is 1. The number of nitrogens with zero attached hydrogens (tertiary/aromatic N) is 1. The number of nitrogens with two attached hydrogens (primary N) is 1. The number of alkyl halides is 2. The lowest BCUT2D eigenvalue weighted by atomic mass is 9.90. The van der Waals surface area contributed by atoms with Gasteiger partial charge >= 0.3 is 0 Å². The van der Waals surface area contributed by atoms with Gasteiger partial charge in [0.05, 0.1) is 11.5 Å². The van der Waals surface area contributed by atoms with Crippen LogP contribution in [0.4, 0.5) is 8.78 Å². The number of hydrogen-bond acceptors (Lipinski definition) is 5. The summed E-state index contributed by atoms with van der Waals surface area (Å²) in [7, 11) is -4.52. The summed E-state index contributed by atoms with van der Waals surface area (Å²) in [6.45, 7) is 0.554. The highest BCUT2D eigenvalue weighted by atomic mass is 32.2. The Morgan fingerprint density at radius 3 is 2.09 bits per heavy atom. The molecule has 7 nitrogen and oxygen atoms in total. The number of rotatable bonds is 10. The topological polar surface area (TPSA) is 102 Å². The van der Waals surface area contributed by atoms with Crippen molar-refractivity contribution >= 4 is 15.9 Å². The first kappa shape index (κ1) is 31.6. The van der Waals surface area contributed by atoms with E-state index in [1.165, 1.54) is 60.6 Å². The van der Waals surface area contributed by atoms with E-state index in [0.29, 0.717) is 44.0 Å². The van der Waals surface area contributed by atoms with Crippen LogP contribution in [-0.2, 0) is 20.7 Å². The molecule has 240 valence electrons. The average Bonchev–Trinajstić information content (AvgIpc) is 3.33. The first-order chi connectivity index (χ1) is 21.6. The van der Waals surface area contributed by atoms with E-state index in [-0.39, 0.29) is 23.0 Å². The average molecular weight is 638 g/mol. The highest BCUT2D eigenvalue weighted by Gasteiger charge is 2.53. The number of carbonyl (C=O) groups excluding carboxylic acids is 1. The minimum atomic E-state index is -4.52. The van der Waals surface area contributed by atoms with Crippen molar-refractivity contribution in [1.82, 2.24) is 9.62 Å². The van der Waals surface area contributed by atoms with Gasteiger partial charge in [0, 0.05) is 23.7 Å². The Kier molecular flexibility index (Phi) is 9.27. The highest BCUT2D eigenvalue weighted by Crippen LogP contribution is 2.40. The summed E-state index contributed by atoms with van der Waals surface area (Å²) < 4.78 is 68.2. The van der Waals surface area contributed by atoms with E-state index in [1.54, 1.807) is 12.1 Å². The molecule has 2 aliphatic heterocycles. The predicted molar refractivity (Wildman–Crippen MR) is 169 cm³/mol. The van der Waals surface area contributed by atoms with Crippen LogP contribution >= 0.6 is 0 Å². The number of fused-ring (bicyclic) bond motifs is 2. The van der Waals surface area contributed by atoms with Gasteiger partial charge < -0.3 is 15.4 Å². The Morgan fingerprint density at radius 1 is 0.867 bits per heavy atom. The van der Waals surface area contributed by atoms with Crippen molar-refractivity contribution in [2.45, 2.75) is 92.8 Å². The minimum Gasteiger partial charge on any atom is -0.493 e. The third kappa shape index (κ3) is 6.93. The standard InChI is InChI=1S/C35H41F2N3O4S/c36-35(37,27-13-11-26(12-14-27)25-9-5-2-6-10-25)33(34(41)40-29-15-16-30(40)22-28(38)21-29)39-45(42,43)32-19-17-31(18-20-32)44-23-24-7-3-1-4-8-24/h2,5-6,9-14,17-20,24,28-30,33,39H,1,3-4,7-8,15-16,21-23,38H2/t28?,29?,30?,33-/m1/s1. The molecule has 0 spiro atoms. The van der Waals surface area contributed by atoms with E-state index in [4.69, 9.17) is 10.5 Å². The zero-order valence-corrected chi connectivity index (χ0v) is 26.1. The van der Waals surface area contributed by atoms with Crippen LogP contribution in [0.15, 0.2) is 83.8 Å². The minimum absolute atomic E-state index is 0.119. The van der Waals surface area contributed by atoms with E-state index < -0.39 is 33.5 Å². The number of sulfonamides is 1. The summed E-state index contributed by atoms with van der Waals surface area (Å²) in [6.07, 6.45) is 8.15. The summed E-state index contributed by atoms with van der Waals surface area (Å²) in [4.78, 5) is 15.3. The quantitative estimate of drug-likeness (QED) is 0.275. The lowest BCUT2D eigenvalue weighted by Crippen LogP contribution is -2.60. The van der Waals surface area contributed by atoms with E-state index in [1.807, 2.05) is 30.3 Å². The van der Waals surface area contributed by atoms with E-state index >= 15 is 8.78 Å². The van der Waals surface area contributed by atoms with E-state index in [0.717, 1.165) is 24.0 Å². The third-order valence-electron chi connectivity index (χ3n) is 9.63. The molecule has 3 aliphatic rings. The first-order valence-corrected chi connectivity index (χ1v) is 17.5. The maximum atomic E-state index is 16.5. The van der Waals surface area contributed by atoms with Crippen LogP contribution < -0.4 is 15.2 Å².